The van der Waals surface area contributed by atoms with Crippen molar-refractivity contribution in [1.82, 2.24) is 5.32 Å². The Bertz CT molecular complexity index is 525. The summed E-state index contributed by atoms with van der Waals surface area (Å²) in [6, 6.07) is 19.0. The van der Waals surface area contributed by atoms with E-state index in [0.717, 1.165) is 12.3 Å². The molecule has 0 aliphatic rings. The van der Waals surface area contributed by atoms with Gasteiger partial charge in [0.1, 0.15) is 12.4 Å². The molecule has 1 unspecified atom stereocenters. The van der Waals surface area contributed by atoms with Gasteiger partial charge in [-0.25, -0.2) is 0 Å². The van der Waals surface area contributed by atoms with Gasteiger partial charge in [-0.05, 0) is 30.2 Å². The Kier molecular flexibility index (Phi) is 7.59. The Morgan fingerprint density at radius 1 is 1.10 bits per heavy atom. The van der Waals surface area contributed by atoms with Crippen LogP contribution in [0.2, 0.25) is 0 Å². The zero-order valence-electron chi connectivity index (χ0n) is 12.3. The normalized spacial score (nSPS) is 11.3. The van der Waals surface area contributed by atoms with Gasteiger partial charge in [0.15, 0.2) is 0 Å². The molecule has 0 spiro atoms. The fraction of sp³-hybridized carbons (Fsp3) is 0.222. The van der Waals surface area contributed by atoms with Crippen molar-refractivity contribution in [2.45, 2.75) is 19.5 Å². The number of benzene rings is 2. The fourth-order valence-electron chi connectivity index (χ4n) is 1.99. The summed E-state index contributed by atoms with van der Waals surface area (Å²) >= 11 is 0. The molecule has 0 fully saturated rings. The summed E-state index contributed by atoms with van der Waals surface area (Å²) in [4.78, 5) is 0. The molecule has 0 saturated heterocycles. The topological polar surface area (TPSA) is 21.3 Å². The van der Waals surface area contributed by atoms with Crippen molar-refractivity contribution in [2.75, 3.05) is 6.61 Å². The molecule has 2 nitrogen and oxygen atoms in total. The predicted molar refractivity (Wildman–Crippen MR) is 91.1 cm³/mol. The first kappa shape index (κ1) is 17.3. The Balaban J connectivity index is 0.00000220. The van der Waals surface area contributed by atoms with E-state index in [1.54, 1.807) is 6.08 Å². The van der Waals surface area contributed by atoms with Crippen LogP contribution in [-0.4, -0.2) is 6.61 Å². The van der Waals surface area contributed by atoms with Crippen molar-refractivity contribution in [2.24, 2.45) is 0 Å². The monoisotopic (exact) mass is 303 g/mol. The van der Waals surface area contributed by atoms with Gasteiger partial charge >= 0.3 is 0 Å². The van der Waals surface area contributed by atoms with Gasteiger partial charge in [-0.3, -0.25) is 0 Å². The number of nitrogens with one attached hydrogen (secondary N) is 1. The summed E-state index contributed by atoms with van der Waals surface area (Å²) in [6.45, 7) is 7.20. The summed E-state index contributed by atoms with van der Waals surface area (Å²) in [5, 5.41) is 3.52. The molecular formula is C18H22ClNO. The lowest BCUT2D eigenvalue weighted by atomic mass is 10.1. The first-order chi connectivity index (χ1) is 9.79. The number of ether oxygens (including phenoxy) is 1. The molecule has 0 radical (unpaired) electrons. The van der Waals surface area contributed by atoms with Gasteiger partial charge in [0.05, 0.1) is 0 Å². The highest BCUT2D eigenvalue weighted by atomic mass is 35.5. The second kappa shape index (κ2) is 9.22. The summed E-state index contributed by atoms with van der Waals surface area (Å²) < 4.78 is 5.47. The molecule has 3 heteroatoms. The highest BCUT2D eigenvalue weighted by molar-refractivity contribution is 5.85. The molecule has 0 amide bonds. The summed E-state index contributed by atoms with van der Waals surface area (Å²) in [6.07, 6.45) is 1.75. The van der Waals surface area contributed by atoms with Crippen LogP contribution in [0.15, 0.2) is 67.3 Å². The van der Waals surface area contributed by atoms with Gasteiger partial charge < -0.3 is 10.1 Å². The standard InChI is InChI=1S/C18H21NO.ClH/c1-3-13-20-18-11-9-16(10-12-18)14-19-15(2)17-7-5-4-6-8-17;/h3-12,15,19H,1,13-14H2,2H3;1H. The zero-order chi connectivity index (χ0) is 14.2. The van der Waals surface area contributed by atoms with Crippen LogP contribution in [0.25, 0.3) is 0 Å². The molecule has 0 bridgehead atoms. The van der Waals surface area contributed by atoms with E-state index in [1.807, 2.05) is 18.2 Å². The van der Waals surface area contributed by atoms with E-state index in [9.17, 15) is 0 Å². The second-order valence-corrected chi connectivity index (χ2v) is 4.76. The van der Waals surface area contributed by atoms with Crippen LogP contribution in [-0.2, 0) is 6.54 Å². The van der Waals surface area contributed by atoms with E-state index < -0.39 is 0 Å². The van der Waals surface area contributed by atoms with E-state index in [0.29, 0.717) is 12.6 Å². The predicted octanol–water partition coefficient (Wildman–Crippen LogP) is 4.52. The van der Waals surface area contributed by atoms with Crippen LogP contribution in [0.3, 0.4) is 0 Å². The van der Waals surface area contributed by atoms with Crippen LogP contribution >= 0.6 is 12.4 Å². The fourth-order valence-corrected chi connectivity index (χ4v) is 1.99. The molecule has 2 aromatic rings. The van der Waals surface area contributed by atoms with Crippen molar-refractivity contribution >= 4 is 12.4 Å². The zero-order valence-corrected chi connectivity index (χ0v) is 13.1. The average Bonchev–Trinajstić information content (AvgIpc) is 2.52. The summed E-state index contributed by atoms with van der Waals surface area (Å²) in [7, 11) is 0. The van der Waals surface area contributed by atoms with Crippen LogP contribution in [0.1, 0.15) is 24.1 Å². The van der Waals surface area contributed by atoms with Crippen LogP contribution in [0.4, 0.5) is 0 Å². The minimum atomic E-state index is 0. The van der Waals surface area contributed by atoms with Gasteiger partial charge in [0.25, 0.3) is 0 Å². The second-order valence-electron chi connectivity index (χ2n) is 4.76. The number of rotatable bonds is 7. The first-order valence-corrected chi connectivity index (χ1v) is 6.90. The SMILES string of the molecule is C=CCOc1ccc(CNC(C)c2ccccc2)cc1.Cl. The van der Waals surface area contributed by atoms with E-state index in [2.05, 4.69) is 55.2 Å². The Morgan fingerprint density at radius 3 is 2.38 bits per heavy atom. The Morgan fingerprint density at radius 2 is 1.76 bits per heavy atom. The Labute approximate surface area is 133 Å². The van der Waals surface area contributed by atoms with Crippen LogP contribution in [0, 0.1) is 0 Å². The van der Waals surface area contributed by atoms with Crippen molar-refractivity contribution in [3.05, 3.63) is 78.4 Å². The molecule has 0 heterocycles. The smallest absolute Gasteiger partial charge is 0.119 e. The van der Waals surface area contributed by atoms with Gasteiger partial charge in [0.2, 0.25) is 0 Å². The highest BCUT2D eigenvalue weighted by Crippen LogP contribution is 2.15. The molecule has 0 aliphatic carbocycles. The third-order valence-electron chi connectivity index (χ3n) is 3.20. The maximum Gasteiger partial charge on any atom is 0.119 e. The number of hydrogen-bond acceptors (Lipinski definition) is 2. The van der Waals surface area contributed by atoms with Crippen molar-refractivity contribution in [1.29, 1.82) is 0 Å². The van der Waals surface area contributed by atoms with Gasteiger partial charge in [0, 0.05) is 12.6 Å². The minimum Gasteiger partial charge on any atom is -0.490 e. The lowest BCUT2D eigenvalue weighted by molar-refractivity contribution is 0.363. The quantitative estimate of drug-likeness (QED) is 0.759. The number of halogens is 1. The lowest BCUT2D eigenvalue weighted by Crippen LogP contribution is -2.17. The van der Waals surface area contributed by atoms with Crippen LogP contribution in [0.5, 0.6) is 5.75 Å². The van der Waals surface area contributed by atoms with E-state index >= 15 is 0 Å². The molecule has 1 N–H and O–H groups in total. The highest BCUT2D eigenvalue weighted by Gasteiger charge is 2.03. The van der Waals surface area contributed by atoms with Gasteiger partial charge in [-0.2, -0.15) is 0 Å². The maximum atomic E-state index is 5.47. The molecule has 1 atom stereocenters. The van der Waals surface area contributed by atoms with E-state index in [1.165, 1.54) is 11.1 Å². The third-order valence-corrected chi connectivity index (χ3v) is 3.20. The van der Waals surface area contributed by atoms with E-state index in [-0.39, 0.29) is 12.4 Å². The lowest BCUT2D eigenvalue weighted by Gasteiger charge is -2.14. The molecule has 21 heavy (non-hydrogen) atoms. The minimum absolute atomic E-state index is 0. The molecule has 0 saturated carbocycles. The summed E-state index contributed by atoms with van der Waals surface area (Å²) in [5.74, 6) is 0.879. The van der Waals surface area contributed by atoms with E-state index in [4.69, 9.17) is 4.74 Å². The first-order valence-electron chi connectivity index (χ1n) is 6.90. The molecule has 2 rings (SSSR count). The van der Waals surface area contributed by atoms with Crippen LogP contribution < -0.4 is 10.1 Å². The molecule has 2 aromatic carbocycles. The van der Waals surface area contributed by atoms with Gasteiger partial charge in [-0.1, -0.05) is 55.1 Å². The molecule has 112 valence electrons. The maximum absolute atomic E-state index is 5.47. The molecular weight excluding hydrogens is 282 g/mol. The summed E-state index contributed by atoms with van der Waals surface area (Å²) in [5.41, 5.74) is 2.55. The number of hydrogen-bond donors (Lipinski definition) is 1. The van der Waals surface area contributed by atoms with Crippen molar-refractivity contribution in [3.8, 4) is 5.75 Å². The Hall–Kier alpha value is -1.77. The largest absolute Gasteiger partial charge is 0.490 e. The molecule has 0 aromatic heterocycles. The van der Waals surface area contributed by atoms with Gasteiger partial charge in [-0.15, -0.1) is 12.4 Å². The third kappa shape index (κ3) is 5.62. The van der Waals surface area contributed by atoms with Crippen molar-refractivity contribution in [3.63, 3.8) is 0 Å². The molecule has 0 aliphatic heterocycles. The average molecular weight is 304 g/mol. The van der Waals surface area contributed by atoms with Crippen molar-refractivity contribution < 1.29 is 4.74 Å².